The summed E-state index contributed by atoms with van der Waals surface area (Å²) in [7, 11) is 0. The first-order valence-corrected chi connectivity index (χ1v) is 8.59. The van der Waals surface area contributed by atoms with E-state index >= 15 is 0 Å². The lowest BCUT2D eigenvalue weighted by molar-refractivity contribution is 0.0764. The van der Waals surface area contributed by atoms with E-state index in [0.717, 1.165) is 58.3 Å². The average molecular weight is 305 g/mol. The molecule has 0 bridgehead atoms. The summed E-state index contributed by atoms with van der Waals surface area (Å²) in [6, 6.07) is 0.374. The standard InChI is InChI=1S/C16H27N5O/c1-3-16(4-2)7-10-20(12-16)15(22)14-11-21(19-18-14)13-5-8-17-9-6-13/h11,13,17H,3-10,12H2,1-2H3. The molecule has 22 heavy (non-hydrogen) atoms. The van der Waals surface area contributed by atoms with Crippen LogP contribution in [0.3, 0.4) is 0 Å². The number of piperidine rings is 1. The Labute approximate surface area is 132 Å². The fourth-order valence-corrected chi connectivity index (χ4v) is 3.72. The average Bonchev–Trinajstić information content (AvgIpc) is 3.23. The summed E-state index contributed by atoms with van der Waals surface area (Å²) in [6.45, 7) is 8.18. The van der Waals surface area contributed by atoms with Gasteiger partial charge in [-0.15, -0.1) is 5.10 Å². The van der Waals surface area contributed by atoms with Gasteiger partial charge < -0.3 is 10.2 Å². The summed E-state index contributed by atoms with van der Waals surface area (Å²) in [6.07, 6.45) is 7.32. The van der Waals surface area contributed by atoms with Crippen molar-refractivity contribution in [3.8, 4) is 0 Å². The Bertz CT molecular complexity index is 516. The van der Waals surface area contributed by atoms with Crippen molar-refractivity contribution in [3.63, 3.8) is 0 Å². The molecule has 0 unspecified atom stereocenters. The van der Waals surface area contributed by atoms with Crippen molar-refractivity contribution in [3.05, 3.63) is 11.9 Å². The zero-order chi connectivity index (χ0) is 15.6. The number of carbonyl (C=O) groups excluding carboxylic acids is 1. The highest BCUT2D eigenvalue weighted by molar-refractivity contribution is 5.92. The van der Waals surface area contributed by atoms with Crippen molar-refractivity contribution < 1.29 is 4.79 Å². The summed E-state index contributed by atoms with van der Waals surface area (Å²) < 4.78 is 1.89. The maximum Gasteiger partial charge on any atom is 0.276 e. The molecule has 2 saturated heterocycles. The van der Waals surface area contributed by atoms with E-state index in [0.29, 0.717) is 17.2 Å². The molecule has 0 saturated carbocycles. The largest absolute Gasteiger partial charge is 0.337 e. The van der Waals surface area contributed by atoms with Gasteiger partial charge in [-0.2, -0.15) is 0 Å². The molecule has 0 atom stereocenters. The Morgan fingerprint density at radius 2 is 2.09 bits per heavy atom. The minimum absolute atomic E-state index is 0.0453. The van der Waals surface area contributed by atoms with Crippen LogP contribution in [0.15, 0.2) is 6.20 Å². The Hall–Kier alpha value is -1.43. The lowest BCUT2D eigenvalue weighted by Gasteiger charge is -2.26. The molecule has 6 heteroatoms. The molecule has 1 amide bonds. The lowest BCUT2D eigenvalue weighted by atomic mass is 9.82. The van der Waals surface area contributed by atoms with Crippen LogP contribution in [0.2, 0.25) is 0 Å². The second-order valence-corrected chi connectivity index (χ2v) is 6.75. The number of hydrogen-bond donors (Lipinski definition) is 1. The summed E-state index contributed by atoms with van der Waals surface area (Å²) in [5.41, 5.74) is 0.808. The number of likely N-dealkylation sites (tertiary alicyclic amines) is 1. The van der Waals surface area contributed by atoms with Crippen molar-refractivity contribution in [1.29, 1.82) is 0 Å². The molecule has 2 aliphatic heterocycles. The second kappa shape index (κ2) is 6.36. The number of hydrogen-bond acceptors (Lipinski definition) is 4. The van der Waals surface area contributed by atoms with Crippen LogP contribution in [-0.2, 0) is 0 Å². The third kappa shape index (κ3) is 2.89. The van der Waals surface area contributed by atoms with Gasteiger partial charge in [-0.3, -0.25) is 4.79 Å². The van der Waals surface area contributed by atoms with Gasteiger partial charge >= 0.3 is 0 Å². The molecule has 1 aromatic heterocycles. The molecular formula is C16H27N5O. The molecule has 0 spiro atoms. The Kier molecular flexibility index (Phi) is 4.47. The molecule has 3 rings (SSSR count). The molecule has 2 fully saturated rings. The minimum Gasteiger partial charge on any atom is -0.337 e. The van der Waals surface area contributed by atoms with Crippen LogP contribution >= 0.6 is 0 Å². The number of amides is 1. The molecule has 6 nitrogen and oxygen atoms in total. The summed E-state index contributed by atoms with van der Waals surface area (Å²) in [4.78, 5) is 14.6. The van der Waals surface area contributed by atoms with E-state index in [1.54, 1.807) is 0 Å². The molecule has 0 radical (unpaired) electrons. The van der Waals surface area contributed by atoms with Crippen LogP contribution in [-0.4, -0.2) is 52.0 Å². The fourth-order valence-electron chi connectivity index (χ4n) is 3.72. The monoisotopic (exact) mass is 305 g/mol. The van der Waals surface area contributed by atoms with Gasteiger partial charge in [0.05, 0.1) is 12.2 Å². The van der Waals surface area contributed by atoms with Crippen molar-refractivity contribution >= 4 is 5.91 Å². The van der Waals surface area contributed by atoms with E-state index in [4.69, 9.17) is 0 Å². The number of nitrogens with one attached hydrogen (secondary N) is 1. The Balaban J connectivity index is 1.67. The van der Waals surface area contributed by atoms with Gasteiger partial charge in [-0.1, -0.05) is 19.1 Å². The fraction of sp³-hybridized carbons (Fsp3) is 0.812. The van der Waals surface area contributed by atoms with Gasteiger partial charge in [-0.05, 0) is 50.6 Å². The topological polar surface area (TPSA) is 63.1 Å². The quantitative estimate of drug-likeness (QED) is 0.922. The Morgan fingerprint density at radius 3 is 2.73 bits per heavy atom. The van der Waals surface area contributed by atoms with E-state index < -0.39 is 0 Å². The van der Waals surface area contributed by atoms with Crippen LogP contribution in [0.25, 0.3) is 0 Å². The van der Waals surface area contributed by atoms with E-state index in [1.807, 2.05) is 15.8 Å². The van der Waals surface area contributed by atoms with Crippen molar-refractivity contribution in [1.82, 2.24) is 25.2 Å². The van der Waals surface area contributed by atoms with E-state index in [1.165, 1.54) is 0 Å². The predicted molar refractivity (Wildman–Crippen MR) is 84.7 cm³/mol. The number of nitrogens with zero attached hydrogens (tertiary/aromatic N) is 4. The van der Waals surface area contributed by atoms with E-state index in [2.05, 4.69) is 29.5 Å². The van der Waals surface area contributed by atoms with Crippen LogP contribution in [0, 0.1) is 5.41 Å². The zero-order valence-electron chi connectivity index (χ0n) is 13.7. The molecule has 2 aliphatic rings. The smallest absolute Gasteiger partial charge is 0.276 e. The molecule has 1 aromatic rings. The highest BCUT2D eigenvalue weighted by Crippen LogP contribution is 2.37. The molecule has 122 valence electrons. The molecule has 0 aromatic carbocycles. The zero-order valence-corrected chi connectivity index (χ0v) is 13.7. The maximum absolute atomic E-state index is 12.7. The molecule has 3 heterocycles. The summed E-state index contributed by atoms with van der Waals surface area (Å²) in [5, 5.41) is 11.7. The van der Waals surface area contributed by atoms with Gasteiger partial charge in [-0.25, -0.2) is 4.68 Å². The summed E-state index contributed by atoms with van der Waals surface area (Å²) >= 11 is 0. The normalized spacial score (nSPS) is 22.2. The highest BCUT2D eigenvalue weighted by atomic mass is 16.2. The van der Waals surface area contributed by atoms with E-state index in [-0.39, 0.29) is 5.91 Å². The SMILES string of the molecule is CCC1(CC)CCN(C(=O)c2cn(C3CCNCC3)nn2)C1. The van der Waals surface area contributed by atoms with Crippen molar-refractivity contribution in [2.24, 2.45) is 5.41 Å². The molecule has 0 aliphatic carbocycles. The van der Waals surface area contributed by atoms with Crippen molar-refractivity contribution in [2.75, 3.05) is 26.2 Å². The first kappa shape index (κ1) is 15.5. The number of carbonyl (C=O) groups is 1. The maximum atomic E-state index is 12.7. The van der Waals surface area contributed by atoms with Gasteiger partial charge in [0.1, 0.15) is 0 Å². The summed E-state index contributed by atoms with van der Waals surface area (Å²) in [5.74, 6) is 0.0453. The van der Waals surface area contributed by atoms with Crippen LogP contribution in [0.1, 0.15) is 62.5 Å². The first-order valence-electron chi connectivity index (χ1n) is 8.59. The van der Waals surface area contributed by atoms with Gasteiger partial charge in [0.2, 0.25) is 0 Å². The number of aromatic nitrogens is 3. The third-order valence-corrected chi connectivity index (χ3v) is 5.64. The minimum atomic E-state index is 0.0453. The molecular weight excluding hydrogens is 278 g/mol. The van der Waals surface area contributed by atoms with Crippen LogP contribution in [0.5, 0.6) is 0 Å². The van der Waals surface area contributed by atoms with Gasteiger partial charge in [0, 0.05) is 13.1 Å². The van der Waals surface area contributed by atoms with Gasteiger partial charge in [0.25, 0.3) is 5.91 Å². The van der Waals surface area contributed by atoms with Crippen molar-refractivity contribution in [2.45, 2.75) is 52.0 Å². The molecule has 1 N–H and O–H groups in total. The predicted octanol–water partition coefficient (Wildman–Crippen LogP) is 1.85. The van der Waals surface area contributed by atoms with Gasteiger partial charge in [0.15, 0.2) is 5.69 Å². The lowest BCUT2D eigenvalue weighted by Crippen LogP contribution is -2.32. The Morgan fingerprint density at radius 1 is 1.36 bits per heavy atom. The van der Waals surface area contributed by atoms with Crippen LogP contribution in [0.4, 0.5) is 0 Å². The first-order chi connectivity index (χ1) is 10.7. The second-order valence-electron chi connectivity index (χ2n) is 6.75. The third-order valence-electron chi connectivity index (χ3n) is 5.64. The number of rotatable bonds is 4. The highest BCUT2D eigenvalue weighted by Gasteiger charge is 2.38. The van der Waals surface area contributed by atoms with Crippen LogP contribution < -0.4 is 5.32 Å². The van der Waals surface area contributed by atoms with E-state index in [9.17, 15) is 4.79 Å².